The predicted octanol–water partition coefficient (Wildman–Crippen LogP) is 3.73. The van der Waals surface area contributed by atoms with Crippen LogP contribution in [0.4, 0.5) is 5.69 Å². The Morgan fingerprint density at radius 2 is 1.59 bits per heavy atom. The molecule has 6 nitrogen and oxygen atoms in total. The number of hydrogen-bond acceptors (Lipinski definition) is 4. The van der Waals surface area contributed by atoms with Gasteiger partial charge in [0.25, 0.3) is 0 Å². The Hall–Kier alpha value is -2.96. The summed E-state index contributed by atoms with van der Waals surface area (Å²) in [6, 6.07) is 14.6. The molecule has 1 amide bonds. The summed E-state index contributed by atoms with van der Waals surface area (Å²) < 4.78 is 2.22. The van der Waals surface area contributed by atoms with E-state index in [0.717, 1.165) is 67.5 Å². The molecule has 1 aliphatic heterocycles. The monoisotopic (exact) mass is 431 g/mol. The van der Waals surface area contributed by atoms with E-state index in [9.17, 15) is 4.79 Å². The van der Waals surface area contributed by atoms with E-state index in [1.54, 1.807) is 0 Å². The number of carbonyl (C=O) groups is 1. The van der Waals surface area contributed by atoms with Crippen molar-refractivity contribution in [2.75, 3.05) is 44.6 Å². The second-order valence-corrected chi connectivity index (χ2v) is 8.75. The van der Waals surface area contributed by atoms with E-state index >= 15 is 0 Å². The molecule has 1 saturated heterocycles. The van der Waals surface area contributed by atoms with Crippen molar-refractivity contribution in [1.82, 2.24) is 19.4 Å². The molecule has 1 aliphatic rings. The SMILES string of the molecule is Cc1cc(C)c(NC(=O)CN2CCN(CCn3ccnc3-c3ccccc3)CC2)c(C)c1. The van der Waals surface area contributed by atoms with Crippen molar-refractivity contribution in [3.63, 3.8) is 0 Å². The zero-order chi connectivity index (χ0) is 22.5. The summed E-state index contributed by atoms with van der Waals surface area (Å²) in [7, 11) is 0. The van der Waals surface area contributed by atoms with Gasteiger partial charge in [0.05, 0.1) is 6.54 Å². The van der Waals surface area contributed by atoms with Gasteiger partial charge in [0.1, 0.15) is 5.82 Å². The average Bonchev–Trinajstić information content (AvgIpc) is 3.25. The summed E-state index contributed by atoms with van der Waals surface area (Å²) in [5, 5.41) is 3.13. The minimum Gasteiger partial charge on any atom is -0.330 e. The molecule has 0 aliphatic carbocycles. The number of imidazole rings is 1. The molecular weight excluding hydrogens is 398 g/mol. The lowest BCUT2D eigenvalue weighted by atomic mass is 10.1. The van der Waals surface area contributed by atoms with Crippen LogP contribution in [0, 0.1) is 20.8 Å². The van der Waals surface area contributed by atoms with Crippen LogP contribution < -0.4 is 5.32 Å². The summed E-state index contributed by atoms with van der Waals surface area (Å²) in [5.74, 6) is 1.09. The van der Waals surface area contributed by atoms with Crippen molar-refractivity contribution in [2.45, 2.75) is 27.3 Å². The third-order valence-corrected chi connectivity index (χ3v) is 6.18. The van der Waals surface area contributed by atoms with Gasteiger partial charge in [-0.1, -0.05) is 48.0 Å². The van der Waals surface area contributed by atoms with Crippen LogP contribution in [0.3, 0.4) is 0 Å². The Balaban J connectivity index is 1.24. The number of hydrogen-bond donors (Lipinski definition) is 1. The van der Waals surface area contributed by atoms with E-state index in [1.807, 2.05) is 24.4 Å². The zero-order valence-corrected chi connectivity index (χ0v) is 19.3. The average molecular weight is 432 g/mol. The molecule has 0 spiro atoms. The maximum absolute atomic E-state index is 12.6. The van der Waals surface area contributed by atoms with Crippen LogP contribution in [-0.4, -0.2) is 64.5 Å². The van der Waals surface area contributed by atoms with Crippen LogP contribution >= 0.6 is 0 Å². The molecule has 2 heterocycles. The van der Waals surface area contributed by atoms with Crippen molar-refractivity contribution in [3.05, 3.63) is 71.5 Å². The largest absolute Gasteiger partial charge is 0.330 e. The third kappa shape index (κ3) is 5.44. The summed E-state index contributed by atoms with van der Waals surface area (Å²) in [4.78, 5) is 21.9. The van der Waals surface area contributed by atoms with Crippen LogP contribution in [0.1, 0.15) is 16.7 Å². The molecule has 0 saturated carbocycles. The molecule has 3 aromatic rings. The van der Waals surface area contributed by atoms with Crippen molar-refractivity contribution in [3.8, 4) is 11.4 Å². The van der Waals surface area contributed by atoms with Gasteiger partial charge >= 0.3 is 0 Å². The predicted molar refractivity (Wildman–Crippen MR) is 130 cm³/mol. The topological polar surface area (TPSA) is 53.4 Å². The van der Waals surface area contributed by atoms with Gasteiger partial charge in [-0.15, -0.1) is 0 Å². The number of carbonyl (C=O) groups excluding carboxylic acids is 1. The fraction of sp³-hybridized carbons (Fsp3) is 0.385. The second-order valence-electron chi connectivity index (χ2n) is 8.75. The first kappa shape index (κ1) is 22.2. The summed E-state index contributed by atoms with van der Waals surface area (Å²) >= 11 is 0. The molecule has 6 heteroatoms. The molecule has 0 radical (unpaired) electrons. The van der Waals surface area contributed by atoms with Crippen LogP contribution in [0.2, 0.25) is 0 Å². The molecule has 32 heavy (non-hydrogen) atoms. The fourth-order valence-electron chi connectivity index (χ4n) is 4.52. The van der Waals surface area contributed by atoms with Crippen molar-refractivity contribution >= 4 is 11.6 Å². The van der Waals surface area contributed by atoms with Gasteiger partial charge in [-0.2, -0.15) is 0 Å². The van der Waals surface area contributed by atoms with Gasteiger partial charge < -0.3 is 9.88 Å². The summed E-state index contributed by atoms with van der Waals surface area (Å²) in [5.41, 5.74) is 5.56. The van der Waals surface area contributed by atoms with Crippen LogP contribution in [-0.2, 0) is 11.3 Å². The molecule has 1 aromatic heterocycles. The Bertz CT molecular complexity index is 1030. The quantitative estimate of drug-likeness (QED) is 0.619. The summed E-state index contributed by atoms with van der Waals surface area (Å²) in [6.07, 6.45) is 3.92. The van der Waals surface area contributed by atoms with Gasteiger partial charge in [0, 0.05) is 62.9 Å². The van der Waals surface area contributed by atoms with Gasteiger partial charge in [-0.25, -0.2) is 4.98 Å². The van der Waals surface area contributed by atoms with E-state index in [0.29, 0.717) is 6.54 Å². The first-order chi connectivity index (χ1) is 15.5. The van der Waals surface area contributed by atoms with E-state index in [-0.39, 0.29) is 5.91 Å². The smallest absolute Gasteiger partial charge is 0.238 e. The summed E-state index contributed by atoms with van der Waals surface area (Å²) in [6.45, 7) is 12.3. The van der Waals surface area contributed by atoms with Gasteiger partial charge in [-0.3, -0.25) is 14.6 Å². The number of amides is 1. The van der Waals surface area contributed by atoms with E-state index in [2.05, 4.69) is 75.9 Å². The molecule has 4 rings (SSSR count). The lowest BCUT2D eigenvalue weighted by Crippen LogP contribution is -2.49. The van der Waals surface area contributed by atoms with Crippen LogP contribution in [0.5, 0.6) is 0 Å². The molecule has 2 aromatic carbocycles. The number of rotatable bonds is 7. The fourth-order valence-corrected chi connectivity index (χ4v) is 4.52. The van der Waals surface area contributed by atoms with Crippen molar-refractivity contribution in [1.29, 1.82) is 0 Å². The normalized spacial score (nSPS) is 15.1. The molecule has 1 N–H and O–H groups in total. The Morgan fingerprint density at radius 3 is 2.28 bits per heavy atom. The first-order valence-electron chi connectivity index (χ1n) is 11.4. The van der Waals surface area contributed by atoms with E-state index in [1.165, 1.54) is 5.56 Å². The Labute approximate surface area is 190 Å². The maximum Gasteiger partial charge on any atom is 0.238 e. The second kappa shape index (κ2) is 10.1. The van der Waals surface area contributed by atoms with Gasteiger partial charge in [0.2, 0.25) is 5.91 Å². The van der Waals surface area contributed by atoms with Crippen molar-refractivity contribution in [2.24, 2.45) is 0 Å². The minimum absolute atomic E-state index is 0.0689. The maximum atomic E-state index is 12.6. The highest BCUT2D eigenvalue weighted by Gasteiger charge is 2.20. The van der Waals surface area contributed by atoms with Gasteiger partial charge in [0.15, 0.2) is 0 Å². The number of benzene rings is 2. The lowest BCUT2D eigenvalue weighted by Gasteiger charge is -2.34. The number of aromatic nitrogens is 2. The Morgan fingerprint density at radius 1 is 0.938 bits per heavy atom. The van der Waals surface area contributed by atoms with Crippen molar-refractivity contribution < 1.29 is 4.79 Å². The molecule has 168 valence electrons. The standard InChI is InChI=1S/C26H33N5O/c1-20-17-21(2)25(22(3)18-20)28-24(32)19-30-13-11-29(12-14-30)15-16-31-10-9-27-26(31)23-7-5-4-6-8-23/h4-10,17-18H,11-16,19H2,1-3H3,(H,28,32). The van der Waals surface area contributed by atoms with Gasteiger partial charge in [-0.05, 0) is 31.9 Å². The highest BCUT2D eigenvalue weighted by molar-refractivity contribution is 5.93. The Kier molecular flexibility index (Phi) is 7.02. The molecule has 1 fully saturated rings. The molecular formula is C26H33N5O. The lowest BCUT2D eigenvalue weighted by molar-refractivity contribution is -0.117. The molecule has 0 atom stereocenters. The number of nitrogens with one attached hydrogen (secondary N) is 1. The first-order valence-corrected chi connectivity index (χ1v) is 11.4. The third-order valence-electron chi connectivity index (χ3n) is 6.18. The van der Waals surface area contributed by atoms with E-state index < -0.39 is 0 Å². The number of nitrogens with zero attached hydrogens (tertiary/aromatic N) is 4. The highest BCUT2D eigenvalue weighted by atomic mass is 16.2. The zero-order valence-electron chi connectivity index (χ0n) is 19.3. The number of anilines is 1. The molecule has 0 bridgehead atoms. The minimum atomic E-state index is 0.0689. The number of aryl methyl sites for hydroxylation is 3. The van der Waals surface area contributed by atoms with Crippen LogP contribution in [0.15, 0.2) is 54.9 Å². The van der Waals surface area contributed by atoms with Crippen LogP contribution in [0.25, 0.3) is 11.4 Å². The number of piperazine rings is 1. The molecule has 0 unspecified atom stereocenters. The van der Waals surface area contributed by atoms with E-state index in [4.69, 9.17) is 0 Å². The highest BCUT2D eigenvalue weighted by Crippen LogP contribution is 2.22.